The molecule has 0 aliphatic carbocycles. The predicted octanol–water partition coefficient (Wildman–Crippen LogP) is 2.73. The first-order valence-electron chi connectivity index (χ1n) is 7.02. The number of benzene rings is 1. The van der Waals surface area contributed by atoms with Crippen LogP contribution >= 0.6 is 0 Å². The zero-order chi connectivity index (χ0) is 15.0. The van der Waals surface area contributed by atoms with E-state index in [1.165, 1.54) is 0 Å². The van der Waals surface area contributed by atoms with Crippen LogP contribution in [-0.2, 0) is 9.47 Å². The molecule has 0 radical (unpaired) electrons. The fourth-order valence-corrected chi connectivity index (χ4v) is 1.84. The van der Waals surface area contributed by atoms with Crippen molar-refractivity contribution in [3.8, 4) is 5.75 Å². The lowest BCUT2D eigenvalue weighted by Crippen LogP contribution is -2.13. The minimum Gasteiger partial charge on any atom is -0.496 e. The van der Waals surface area contributed by atoms with E-state index in [1.807, 2.05) is 25.1 Å². The number of aryl methyl sites for hydroxylation is 1. The lowest BCUT2D eigenvalue weighted by molar-refractivity contribution is -0.00180. The molecule has 1 unspecified atom stereocenters. The van der Waals surface area contributed by atoms with Crippen LogP contribution in [0.25, 0.3) is 0 Å². The molecule has 0 saturated carbocycles. The van der Waals surface area contributed by atoms with Gasteiger partial charge in [-0.2, -0.15) is 0 Å². The van der Waals surface area contributed by atoms with Crippen LogP contribution in [-0.4, -0.2) is 38.6 Å². The number of aliphatic hydroxyl groups excluding tert-OH is 1. The Labute approximate surface area is 121 Å². The summed E-state index contributed by atoms with van der Waals surface area (Å²) in [6.07, 6.45) is -0.685. The Morgan fingerprint density at radius 2 is 1.75 bits per heavy atom. The Balaban J connectivity index is 2.35. The summed E-state index contributed by atoms with van der Waals surface area (Å²) < 4.78 is 16.1. The molecule has 1 rings (SSSR count). The standard InChI is InChI=1S/C16H26O4/c1-12(2)10-19-7-8-20-11-15(17)14-9-13(3)5-6-16(14)18-4/h5-6,9,12,15,17H,7-8,10-11H2,1-4H3. The third kappa shape index (κ3) is 5.90. The number of ether oxygens (including phenoxy) is 3. The highest BCUT2D eigenvalue weighted by atomic mass is 16.5. The van der Waals surface area contributed by atoms with Crippen molar-refractivity contribution >= 4 is 0 Å². The molecule has 0 aromatic heterocycles. The third-order valence-electron chi connectivity index (χ3n) is 2.84. The zero-order valence-electron chi connectivity index (χ0n) is 12.9. The molecular formula is C16H26O4. The maximum atomic E-state index is 10.2. The van der Waals surface area contributed by atoms with Crippen molar-refractivity contribution in [1.29, 1.82) is 0 Å². The summed E-state index contributed by atoms with van der Waals surface area (Å²) in [5.41, 5.74) is 1.84. The number of rotatable bonds is 9. The van der Waals surface area contributed by atoms with Gasteiger partial charge >= 0.3 is 0 Å². The van der Waals surface area contributed by atoms with E-state index in [9.17, 15) is 5.11 Å². The first kappa shape index (κ1) is 17.0. The first-order chi connectivity index (χ1) is 9.54. The molecule has 0 fully saturated rings. The molecule has 0 spiro atoms. The fourth-order valence-electron chi connectivity index (χ4n) is 1.84. The Kier molecular flexibility index (Phi) is 7.59. The van der Waals surface area contributed by atoms with Gasteiger partial charge in [0.2, 0.25) is 0 Å². The molecule has 0 aliphatic heterocycles. The van der Waals surface area contributed by atoms with Crippen LogP contribution in [0.4, 0.5) is 0 Å². The van der Waals surface area contributed by atoms with Gasteiger partial charge in [0.15, 0.2) is 0 Å². The highest BCUT2D eigenvalue weighted by molar-refractivity contribution is 5.38. The minimum atomic E-state index is -0.685. The highest BCUT2D eigenvalue weighted by Gasteiger charge is 2.13. The molecule has 0 bridgehead atoms. The molecule has 114 valence electrons. The van der Waals surface area contributed by atoms with E-state index >= 15 is 0 Å². The molecule has 1 aromatic rings. The van der Waals surface area contributed by atoms with Crippen molar-refractivity contribution in [2.45, 2.75) is 26.9 Å². The van der Waals surface area contributed by atoms with Crippen molar-refractivity contribution in [3.05, 3.63) is 29.3 Å². The van der Waals surface area contributed by atoms with Gasteiger partial charge in [0, 0.05) is 12.2 Å². The van der Waals surface area contributed by atoms with E-state index < -0.39 is 6.10 Å². The van der Waals surface area contributed by atoms with E-state index in [0.717, 1.165) is 17.7 Å². The lowest BCUT2D eigenvalue weighted by atomic mass is 10.1. The molecule has 0 heterocycles. The predicted molar refractivity (Wildman–Crippen MR) is 79.2 cm³/mol. The number of hydrogen-bond acceptors (Lipinski definition) is 4. The summed E-state index contributed by atoms with van der Waals surface area (Å²) in [4.78, 5) is 0. The maximum Gasteiger partial charge on any atom is 0.124 e. The van der Waals surface area contributed by atoms with Gasteiger partial charge in [0.25, 0.3) is 0 Å². The molecule has 20 heavy (non-hydrogen) atoms. The molecular weight excluding hydrogens is 256 g/mol. The Hall–Kier alpha value is -1.10. The smallest absolute Gasteiger partial charge is 0.124 e. The van der Waals surface area contributed by atoms with Crippen molar-refractivity contribution in [3.63, 3.8) is 0 Å². The fraction of sp³-hybridized carbons (Fsp3) is 0.625. The van der Waals surface area contributed by atoms with Crippen LogP contribution < -0.4 is 4.74 Å². The monoisotopic (exact) mass is 282 g/mol. The van der Waals surface area contributed by atoms with E-state index in [4.69, 9.17) is 14.2 Å². The highest BCUT2D eigenvalue weighted by Crippen LogP contribution is 2.26. The molecule has 4 nitrogen and oxygen atoms in total. The number of hydrogen-bond donors (Lipinski definition) is 1. The summed E-state index contributed by atoms with van der Waals surface area (Å²) in [5.74, 6) is 1.21. The van der Waals surface area contributed by atoms with Crippen LogP contribution in [0.5, 0.6) is 5.75 Å². The van der Waals surface area contributed by atoms with Crippen LogP contribution in [0, 0.1) is 12.8 Å². The van der Waals surface area contributed by atoms with E-state index in [0.29, 0.717) is 24.9 Å². The normalized spacial score (nSPS) is 12.7. The van der Waals surface area contributed by atoms with Crippen molar-refractivity contribution in [2.24, 2.45) is 5.92 Å². The third-order valence-corrected chi connectivity index (χ3v) is 2.84. The topological polar surface area (TPSA) is 47.9 Å². The first-order valence-corrected chi connectivity index (χ1v) is 7.02. The van der Waals surface area contributed by atoms with Crippen LogP contribution in [0.1, 0.15) is 31.1 Å². The molecule has 0 saturated heterocycles. The SMILES string of the molecule is COc1ccc(C)cc1C(O)COCCOCC(C)C. The summed E-state index contributed by atoms with van der Waals surface area (Å²) in [6, 6.07) is 5.73. The van der Waals surface area contributed by atoms with E-state index in [1.54, 1.807) is 7.11 Å². The van der Waals surface area contributed by atoms with E-state index in [-0.39, 0.29) is 6.61 Å². The second-order valence-electron chi connectivity index (χ2n) is 5.30. The quantitative estimate of drug-likeness (QED) is 0.708. The summed E-state index contributed by atoms with van der Waals surface area (Å²) in [5, 5.41) is 10.2. The Morgan fingerprint density at radius 1 is 1.10 bits per heavy atom. The van der Waals surface area contributed by atoms with Gasteiger partial charge in [-0.3, -0.25) is 0 Å². The van der Waals surface area contributed by atoms with Gasteiger partial charge < -0.3 is 19.3 Å². The second kappa shape index (κ2) is 8.95. The molecule has 0 aliphatic rings. The minimum absolute atomic E-state index is 0.241. The van der Waals surface area contributed by atoms with Gasteiger partial charge in [-0.25, -0.2) is 0 Å². The number of aliphatic hydroxyl groups is 1. The molecule has 1 atom stereocenters. The zero-order valence-corrected chi connectivity index (χ0v) is 12.9. The molecule has 1 N–H and O–H groups in total. The largest absolute Gasteiger partial charge is 0.496 e. The van der Waals surface area contributed by atoms with Gasteiger partial charge in [0.05, 0.1) is 26.9 Å². The summed E-state index contributed by atoms with van der Waals surface area (Å²) in [7, 11) is 1.60. The average Bonchev–Trinajstić information content (AvgIpc) is 2.42. The van der Waals surface area contributed by atoms with Crippen LogP contribution in [0.3, 0.4) is 0 Å². The molecule has 0 amide bonds. The van der Waals surface area contributed by atoms with Crippen LogP contribution in [0.15, 0.2) is 18.2 Å². The van der Waals surface area contributed by atoms with Crippen molar-refractivity contribution in [2.75, 3.05) is 33.5 Å². The number of methoxy groups -OCH3 is 1. The Bertz CT molecular complexity index is 390. The van der Waals surface area contributed by atoms with Crippen LogP contribution in [0.2, 0.25) is 0 Å². The second-order valence-corrected chi connectivity index (χ2v) is 5.30. The van der Waals surface area contributed by atoms with Gasteiger partial charge in [0.1, 0.15) is 11.9 Å². The van der Waals surface area contributed by atoms with Crippen molar-refractivity contribution in [1.82, 2.24) is 0 Å². The average molecular weight is 282 g/mol. The molecule has 4 heteroatoms. The summed E-state index contributed by atoms with van der Waals surface area (Å²) >= 11 is 0. The van der Waals surface area contributed by atoms with E-state index in [2.05, 4.69) is 13.8 Å². The summed E-state index contributed by atoms with van der Waals surface area (Å²) in [6.45, 7) is 8.20. The van der Waals surface area contributed by atoms with Gasteiger partial charge in [-0.1, -0.05) is 25.5 Å². The molecule has 1 aromatic carbocycles. The maximum absolute atomic E-state index is 10.2. The van der Waals surface area contributed by atoms with Gasteiger partial charge in [-0.05, 0) is 25.0 Å². The lowest BCUT2D eigenvalue weighted by Gasteiger charge is -2.16. The Morgan fingerprint density at radius 3 is 2.35 bits per heavy atom. The van der Waals surface area contributed by atoms with Crippen molar-refractivity contribution < 1.29 is 19.3 Å². The van der Waals surface area contributed by atoms with Gasteiger partial charge in [-0.15, -0.1) is 0 Å².